The van der Waals surface area contributed by atoms with Gasteiger partial charge < -0.3 is 5.11 Å². The van der Waals surface area contributed by atoms with E-state index in [1.807, 2.05) is 18.2 Å². The van der Waals surface area contributed by atoms with Gasteiger partial charge in [0.2, 0.25) is 0 Å². The Balaban J connectivity index is 2.54. The summed E-state index contributed by atoms with van der Waals surface area (Å²) in [5, 5.41) is 10.4. The first kappa shape index (κ1) is 10.3. The number of hydrogen-bond acceptors (Lipinski definition) is 1. The van der Waals surface area contributed by atoms with Crippen molar-refractivity contribution in [3.8, 4) is 16.9 Å². The molecule has 15 heavy (non-hydrogen) atoms. The third-order valence-electron chi connectivity index (χ3n) is 2.09. The van der Waals surface area contributed by atoms with Gasteiger partial charge in [-0.2, -0.15) is 0 Å². The molecule has 0 saturated carbocycles. The van der Waals surface area contributed by atoms with Crippen molar-refractivity contribution in [2.24, 2.45) is 0 Å². The van der Waals surface area contributed by atoms with Crippen LogP contribution in [0, 0.1) is 0 Å². The van der Waals surface area contributed by atoms with Crippen molar-refractivity contribution in [1.82, 2.24) is 0 Å². The number of benzene rings is 2. The van der Waals surface area contributed by atoms with Crippen LogP contribution in [0.4, 0.5) is 0 Å². The predicted molar refractivity (Wildman–Crippen MR) is 63.6 cm³/mol. The number of rotatable bonds is 1. The van der Waals surface area contributed by atoms with Crippen LogP contribution >= 0.6 is 23.2 Å². The first-order valence-electron chi connectivity index (χ1n) is 4.41. The first-order chi connectivity index (χ1) is 7.16. The van der Waals surface area contributed by atoms with E-state index in [1.165, 1.54) is 6.07 Å². The highest BCUT2D eigenvalue weighted by Crippen LogP contribution is 2.31. The molecule has 2 aromatic rings. The second kappa shape index (κ2) is 4.13. The fourth-order valence-corrected chi connectivity index (χ4v) is 1.87. The molecule has 0 fully saturated rings. The van der Waals surface area contributed by atoms with Crippen LogP contribution in [0.25, 0.3) is 11.1 Å². The Bertz CT molecular complexity index is 495. The summed E-state index contributed by atoms with van der Waals surface area (Å²) in [7, 11) is 0. The van der Waals surface area contributed by atoms with Crippen molar-refractivity contribution in [3.63, 3.8) is 0 Å². The van der Waals surface area contributed by atoms with E-state index < -0.39 is 0 Å². The fraction of sp³-hybridized carbons (Fsp3) is 0. The second-order valence-corrected chi connectivity index (χ2v) is 4.02. The van der Waals surface area contributed by atoms with E-state index in [4.69, 9.17) is 23.2 Å². The Kier molecular flexibility index (Phi) is 2.85. The van der Waals surface area contributed by atoms with Crippen LogP contribution in [0.5, 0.6) is 5.75 Å². The lowest BCUT2D eigenvalue weighted by Crippen LogP contribution is -1.79. The Morgan fingerprint density at radius 1 is 0.933 bits per heavy atom. The van der Waals surface area contributed by atoms with Gasteiger partial charge in [-0.15, -0.1) is 0 Å². The molecule has 0 aliphatic carbocycles. The van der Waals surface area contributed by atoms with Crippen LogP contribution in [0.3, 0.4) is 0 Å². The molecule has 0 spiro atoms. The molecule has 0 saturated heterocycles. The largest absolute Gasteiger partial charge is 0.508 e. The third kappa shape index (κ3) is 2.25. The molecule has 0 aromatic heterocycles. The van der Waals surface area contributed by atoms with Crippen molar-refractivity contribution < 1.29 is 5.11 Å². The number of phenols is 1. The molecule has 0 aliphatic heterocycles. The second-order valence-electron chi connectivity index (χ2n) is 3.17. The van der Waals surface area contributed by atoms with Crippen molar-refractivity contribution in [2.45, 2.75) is 0 Å². The Morgan fingerprint density at radius 2 is 1.73 bits per heavy atom. The maximum absolute atomic E-state index is 9.23. The van der Waals surface area contributed by atoms with Gasteiger partial charge in [0, 0.05) is 10.6 Å². The lowest BCUT2D eigenvalue weighted by atomic mass is 10.1. The summed E-state index contributed by atoms with van der Waals surface area (Å²) in [6.45, 7) is 0. The van der Waals surface area contributed by atoms with Gasteiger partial charge in [0.15, 0.2) is 0 Å². The summed E-state index contributed by atoms with van der Waals surface area (Å²) in [4.78, 5) is 0. The van der Waals surface area contributed by atoms with Gasteiger partial charge in [-0.1, -0.05) is 35.3 Å². The molecule has 3 heteroatoms. The van der Waals surface area contributed by atoms with Crippen molar-refractivity contribution in [2.75, 3.05) is 0 Å². The molecule has 0 aliphatic rings. The van der Waals surface area contributed by atoms with E-state index >= 15 is 0 Å². The zero-order valence-corrected chi connectivity index (χ0v) is 9.26. The number of phenolic OH excluding ortho intramolecular Hbond substituents is 1. The van der Waals surface area contributed by atoms with Gasteiger partial charge in [-0.05, 0) is 35.9 Å². The average Bonchev–Trinajstić information content (AvgIpc) is 2.17. The van der Waals surface area contributed by atoms with Crippen LogP contribution < -0.4 is 0 Å². The smallest absolute Gasteiger partial charge is 0.117 e. The third-order valence-corrected chi connectivity index (χ3v) is 2.64. The van der Waals surface area contributed by atoms with E-state index in [1.54, 1.807) is 18.2 Å². The summed E-state index contributed by atoms with van der Waals surface area (Å²) in [5.74, 6) is 0.158. The predicted octanol–water partition coefficient (Wildman–Crippen LogP) is 4.37. The molecular formula is C12H8Cl2O. The van der Waals surface area contributed by atoms with Crippen LogP contribution in [0.1, 0.15) is 0 Å². The molecule has 0 heterocycles. The zero-order chi connectivity index (χ0) is 10.8. The van der Waals surface area contributed by atoms with Gasteiger partial charge in [0.05, 0.1) is 5.02 Å². The van der Waals surface area contributed by atoms with E-state index in [0.29, 0.717) is 10.0 Å². The summed E-state index contributed by atoms with van der Waals surface area (Å²) in [5.41, 5.74) is 1.80. The molecule has 76 valence electrons. The topological polar surface area (TPSA) is 20.2 Å². The highest BCUT2D eigenvalue weighted by Gasteiger charge is 2.04. The monoisotopic (exact) mass is 238 g/mol. The summed E-state index contributed by atoms with van der Waals surface area (Å²) in [6.07, 6.45) is 0. The maximum Gasteiger partial charge on any atom is 0.117 e. The minimum absolute atomic E-state index is 0.158. The average molecular weight is 239 g/mol. The molecule has 2 rings (SSSR count). The minimum Gasteiger partial charge on any atom is -0.508 e. The highest BCUT2D eigenvalue weighted by molar-refractivity contribution is 6.34. The van der Waals surface area contributed by atoms with Crippen LogP contribution in [0.15, 0.2) is 42.5 Å². The SMILES string of the molecule is Oc1ccc(-c2cccc(Cl)c2)c(Cl)c1. The van der Waals surface area contributed by atoms with Gasteiger partial charge >= 0.3 is 0 Å². The van der Waals surface area contributed by atoms with Crippen LogP contribution in [-0.4, -0.2) is 5.11 Å². The molecule has 0 amide bonds. The molecule has 0 unspecified atom stereocenters. The summed E-state index contributed by atoms with van der Waals surface area (Å²) < 4.78 is 0. The Morgan fingerprint density at radius 3 is 2.40 bits per heavy atom. The lowest BCUT2D eigenvalue weighted by molar-refractivity contribution is 0.475. The molecule has 2 aromatic carbocycles. The van der Waals surface area contributed by atoms with Crippen molar-refractivity contribution in [1.29, 1.82) is 0 Å². The fourth-order valence-electron chi connectivity index (χ4n) is 1.39. The van der Waals surface area contributed by atoms with E-state index in [0.717, 1.165) is 11.1 Å². The van der Waals surface area contributed by atoms with Gasteiger partial charge in [0.1, 0.15) is 5.75 Å². The molecule has 1 N–H and O–H groups in total. The van der Waals surface area contributed by atoms with Crippen molar-refractivity contribution >= 4 is 23.2 Å². The Hall–Kier alpha value is -1.18. The Labute approximate surface area is 97.9 Å². The quantitative estimate of drug-likeness (QED) is 0.783. The van der Waals surface area contributed by atoms with E-state index in [-0.39, 0.29) is 5.75 Å². The maximum atomic E-state index is 9.23. The van der Waals surface area contributed by atoms with Gasteiger partial charge in [0.25, 0.3) is 0 Å². The number of aromatic hydroxyl groups is 1. The van der Waals surface area contributed by atoms with Crippen molar-refractivity contribution in [3.05, 3.63) is 52.5 Å². The number of halogens is 2. The van der Waals surface area contributed by atoms with Crippen LogP contribution in [0.2, 0.25) is 10.0 Å². The lowest BCUT2D eigenvalue weighted by Gasteiger charge is -2.05. The minimum atomic E-state index is 0.158. The van der Waals surface area contributed by atoms with Gasteiger partial charge in [-0.3, -0.25) is 0 Å². The van der Waals surface area contributed by atoms with E-state index in [9.17, 15) is 5.11 Å². The van der Waals surface area contributed by atoms with Crippen LogP contribution in [-0.2, 0) is 0 Å². The number of hydrogen-bond donors (Lipinski definition) is 1. The van der Waals surface area contributed by atoms with E-state index in [2.05, 4.69) is 0 Å². The molecular weight excluding hydrogens is 231 g/mol. The first-order valence-corrected chi connectivity index (χ1v) is 5.17. The molecule has 1 nitrogen and oxygen atoms in total. The summed E-state index contributed by atoms with van der Waals surface area (Å²) >= 11 is 11.9. The van der Waals surface area contributed by atoms with Gasteiger partial charge in [-0.25, -0.2) is 0 Å². The standard InChI is InChI=1S/C12H8Cl2O/c13-9-3-1-2-8(6-9)11-5-4-10(15)7-12(11)14/h1-7,15H. The normalized spacial score (nSPS) is 10.3. The molecule has 0 bridgehead atoms. The molecule has 0 radical (unpaired) electrons. The summed E-state index contributed by atoms with van der Waals surface area (Å²) in [6, 6.07) is 12.3. The zero-order valence-electron chi connectivity index (χ0n) is 7.74. The molecule has 0 atom stereocenters. The highest BCUT2D eigenvalue weighted by atomic mass is 35.5.